The Balaban J connectivity index is 1.85. The van der Waals surface area contributed by atoms with E-state index >= 15 is 0 Å². The number of hydrogen-bond donors (Lipinski definition) is 2. The SMILES string of the molecule is Nc1cnc2ccc(Br)cc2c1NCC1CSCCS1. The first kappa shape index (κ1) is 14.4. The number of nitrogen functional groups attached to an aromatic ring is 1. The minimum atomic E-state index is 0.656. The van der Waals surface area contributed by atoms with Crippen molar-refractivity contribution in [3.8, 4) is 0 Å². The fraction of sp³-hybridized carbons (Fsp3) is 0.357. The summed E-state index contributed by atoms with van der Waals surface area (Å²) in [7, 11) is 0. The zero-order valence-corrected chi connectivity index (χ0v) is 14.2. The minimum Gasteiger partial charge on any atom is -0.396 e. The van der Waals surface area contributed by atoms with E-state index in [4.69, 9.17) is 5.73 Å². The first-order valence-corrected chi connectivity index (χ1v) is 9.50. The molecule has 3 nitrogen and oxygen atoms in total. The molecule has 1 atom stereocenters. The van der Waals surface area contributed by atoms with E-state index in [2.05, 4.69) is 32.3 Å². The Hall–Kier alpha value is -0.590. The number of aromatic nitrogens is 1. The largest absolute Gasteiger partial charge is 0.396 e. The van der Waals surface area contributed by atoms with Crippen LogP contribution in [0.5, 0.6) is 0 Å². The maximum Gasteiger partial charge on any atom is 0.0743 e. The van der Waals surface area contributed by atoms with Gasteiger partial charge in [-0.05, 0) is 18.2 Å². The van der Waals surface area contributed by atoms with Crippen LogP contribution in [-0.4, -0.2) is 34.0 Å². The van der Waals surface area contributed by atoms with E-state index in [1.807, 2.05) is 35.7 Å². The number of nitrogens with one attached hydrogen (secondary N) is 1. The van der Waals surface area contributed by atoms with Crippen LogP contribution < -0.4 is 11.1 Å². The molecule has 0 amide bonds. The normalized spacial score (nSPS) is 19.1. The fourth-order valence-electron chi connectivity index (χ4n) is 2.25. The molecule has 0 radical (unpaired) electrons. The van der Waals surface area contributed by atoms with Crippen molar-refractivity contribution in [2.24, 2.45) is 0 Å². The molecule has 106 valence electrons. The highest BCUT2D eigenvalue weighted by atomic mass is 79.9. The zero-order chi connectivity index (χ0) is 13.9. The molecule has 0 bridgehead atoms. The van der Waals surface area contributed by atoms with Crippen LogP contribution in [0.15, 0.2) is 28.9 Å². The number of rotatable bonds is 3. The highest BCUT2D eigenvalue weighted by Crippen LogP contribution is 2.31. The molecule has 1 saturated heterocycles. The lowest BCUT2D eigenvalue weighted by atomic mass is 10.1. The Kier molecular flexibility index (Phi) is 4.63. The second-order valence-electron chi connectivity index (χ2n) is 4.70. The highest BCUT2D eigenvalue weighted by molar-refractivity contribution is 9.10. The summed E-state index contributed by atoms with van der Waals surface area (Å²) >= 11 is 7.60. The molecule has 1 aliphatic rings. The van der Waals surface area contributed by atoms with Gasteiger partial charge in [-0.15, -0.1) is 0 Å². The highest BCUT2D eigenvalue weighted by Gasteiger charge is 2.15. The fourth-order valence-corrected chi connectivity index (χ4v) is 5.22. The molecular weight excluding hydrogens is 354 g/mol. The molecule has 1 unspecified atom stereocenters. The van der Waals surface area contributed by atoms with Crippen LogP contribution in [0.25, 0.3) is 10.9 Å². The maximum atomic E-state index is 6.10. The number of thioether (sulfide) groups is 2. The van der Waals surface area contributed by atoms with Crippen molar-refractivity contribution in [2.45, 2.75) is 5.25 Å². The number of benzene rings is 1. The summed E-state index contributed by atoms with van der Waals surface area (Å²) in [6, 6.07) is 6.09. The summed E-state index contributed by atoms with van der Waals surface area (Å²) in [6.07, 6.45) is 1.74. The molecule has 2 heterocycles. The second-order valence-corrected chi connectivity index (χ2v) is 8.17. The summed E-state index contributed by atoms with van der Waals surface area (Å²) in [5.41, 5.74) is 8.79. The Labute approximate surface area is 135 Å². The third kappa shape index (κ3) is 3.18. The number of nitrogens with two attached hydrogens (primary N) is 1. The van der Waals surface area contributed by atoms with Gasteiger partial charge < -0.3 is 11.1 Å². The van der Waals surface area contributed by atoms with Crippen LogP contribution in [0.4, 0.5) is 11.4 Å². The molecule has 1 aromatic carbocycles. The van der Waals surface area contributed by atoms with Gasteiger partial charge in [-0.3, -0.25) is 4.98 Å². The van der Waals surface area contributed by atoms with E-state index in [0.29, 0.717) is 10.9 Å². The Morgan fingerprint density at radius 3 is 3.10 bits per heavy atom. The van der Waals surface area contributed by atoms with E-state index in [-0.39, 0.29) is 0 Å². The van der Waals surface area contributed by atoms with Crippen LogP contribution in [0.1, 0.15) is 0 Å². The van der Waals surface area contributed by atoms with Gasteiger partial charge in [0.15, 0.2) is 0 Å². The van der Waals surface area contributed by atoms with Crippen LogP contribution in [0.2, 0.25) is 0 Å². The molecule has 20 heavy (non-hydrogen) atoms. The van der Waals surface area contributed by atoms with E-state index in [9.17, 15) is 0 Å². The first-order chi connectivity index (χ1) is 9.74. The monoisotopic (exact) mass is 369 g/mol. The number of anilines is 2. The summed E-state index contributed by atoms with van der Waals surface area (Å²) in [5.74, 6) is 3.73. The van der Waals surface area contributed by atoms with E-state index in [1.165, 1.54) is 17.3 Å². The molecule has 0 aliphatic carbocycles. The summed E-state index contributed by atoms with van der Waals surface area (Å²) in [4.78, 5) is 4.38. The first-order valence-electron chi connectivity index (χ1n) is 6.51. The number of hydrogen-bond acceptors (Lipinski definition) is 5. The predicted molar refractivity (Wildman–Crippen MR) is 95.9 cm³/mol. The summed E-state index contributed by atoms with van der Waals surface area (Å²) < 4.78 is 1.04. The van der Waals surface area contributed by atoms with Crippen molar-refractivity contribution >= 4 is 61.7 Å². The molecule has 1 aliphatic heterocycles. The number of pyridine rings is 1. The smallest absolute Gasteiger partial charge is 0.0743 e. The lowest BCUT2D eigenvalue weighted by Gasteiger charge is -2.22. The third-order valence-electron chi connectivity index (χ3n) is 3.25. The number of fused-ring (bicyclic) bond motifs is 1. The lowest BCUT2D eigenvalue weighted by molar-refractivity contribution is 1.01. The van der Waals surface area contributed by atoms with Crippen LogP contribution in [0.3, 0.4) is 0 Å². The standard InChI is InChI=1S/C14H16BrN3S2/c15-9-1-2-13-11(5-9)14(12(16)7-17-13)18-6-10-8-19-3-4-20-10/h1-2,5,7,10H,3-4,6,8,16H2,(H,17,18). The van der Waals surface area contributed by atoms with Gasteiger partial charge in [0.1, 0.15) is 0 Å². The van der Waals surface area contributed by atoms with Crippen LogP contribution >= 0.6 is 39.5 Å². The Morgan fingerprint density at radius 2 is 2.30 bits per heavy atom. The van der Waals surface area contributed by atoms with Crippen molar-refractivity contribution in [3.05, 3.63) is 28.9 Å². The van der Waals surface area contributed by atoms with Gasteiger partial charge in [0.05, 0.1) is 23.1 Å². The number of halogens is 1. The molecule has 1 aromatic heterocycles. The summed E-state index contributed by atoms with van der Waals surface area (Å²) in [6.45, 7) is 0.952. The molecule has 3 N–H and O–H groups in total. The van der Waals surface area contributed by atoms with E-state index in [0.717, 1.165) is 27.6 Å². The van der Waals surface area contributed by atoms with Crippen molar-refractivity contribution in [1.29, 1.82) is 0 Å². The van der Waals surface area contributed by atoms with Crippen molar-refractivity contribution in [3.63, 3.8) is 0 Å². The zero-order valence-electron chi connectivity index (χ0n) is 10.9. The summed E-state index contributed by atoms with van der Waals surface area (Å²) in [5, 5.41) is 5.27. The predicted octanol–water partition coefficient (Wildman–Crippen LogP) is 3.84. The van der Waals surface area contributed by atoms with Crippen LogP contribution in [-0.2, 0) is 0 Å². The van der Waals surface area contributed by atoms with Crippen molar-refractivity contribution in [2.75, 3.05) is 34.9 Å². The average molecular weight is 370 g/mol. The van der Waals surface area contributed by atoms with Crippen LogP contribution in [0, 0.1) is 0 Å². The van der Waals surface area contributed by atoms with Gasteiger partial charge in [0.25, 0.3) is 0 Å². The van der Waals surface area contributed by atoms with Crippen molar-refractivity contribution in [1.82, 2.24) is 4.98 Å². The van der Waals surface area contributed by atoms with Gasteiger partial charge in [0.2, 0.25) is 0 Å². The van der Waals surface area contributed by atoms with Gasteiger partial charge in [-0.25, -0.2) is 0 Å². The Bertz CT molecular complexity index is 609. The minimum absolute atomic E-state index is 0.656. The van der Waals surface area contributed by atoms with Gasteiger partial charge >= 0.3 is 0 Å². The third-order valence-corrected chi connectivity index (χ3v) is 6.59. The molecule has 6 heteroatoms. The lowest BCUT2D eigenvalue weighted by Crippen LogP contribution is -2.23. The molecule has 3 rings (SSSR count). The number of nitrogens with zero attached hydrogens (tertiary/aromatic N) is 1. The quantitative estimate of drug-likeness (QED) is 0.860. The Morgan fingerprint density at radius 1 is 1.40 bits per heavy atom. The van der Waals surface area contributed by atoms with Gasteiger partial charge in [0, 0.05) is 38.9 Å². The maximum absolute atomic E-state index is 6.10. The topological polar surface area (TPSA) is 50.9 Å². The second kappa shape index (κ2) is 6.45. The van der Waals surface area contributed by atoms with E-state index < -0.39 is 0 Å². The molecule has 1 fully saturated rings. The molecule has 0 saturated carbocycles. The van der Waals surface area contributed by atoms with Gasteiger partial charge in [-0.1, -0.05) is 15.9 Å². The van der Waals surface area contributed by atoms with Crippen molar-refractivity contribution < 1.29 is 0 Å². The average Bonchev–Trinajstić information content (AvgIpc) is 2.47. The molecular formula is C14H16BrN3S2. The van der Waals surface area contributed by atoms with Gasteiger partial charge in [-0.2, -0.15) is 23.5 Å². The van der Waals surface area contributed by atoms with E-state index in [1.54, 1.807) is 6.20 Å². The molecule has 0 spiro atoms. The molecule has 2 aromatic rings.